The molecule has 170 valence electrons. The fourth-order valence-electron chi connectivity index (χ4n) is 3.38. The quantitative estimate of drug-likeness (QED) is 0.384. The third-order valence-electron chi connectivity index (χ3n) is 5.11. The van der Waals surface area contributed by atoms with Gasteiger partial charge in [-0.15, -0.1) is 0 Å². The minimum Gasteiger partial charge on any atom is -0.322 e. The zero-order valence-corrected chi connectivity index (χ0v) is 20.1. The van der Waals surface area contributed by atoms with Crippen LogP contribution in [0.3, 0.4) is 0 Å². The van der Waals surface area contributed by atoms with E-state index in [1.165, 1.54) is 18.2 Å². The number of amides is 1. The highest BCUT2D eigenvalue weighted by Crippen LogP contribution is 2.27. The highest BCUT2D eigenvalue weighted by Gasteiger charge is 2.21. The van der Waals surface area contributed by atoms with Gasteiger partial charge in [0.25, 0.3) is 15.9 Å². The van der Waals surface area contributed by atoms with Crippen LogP contribution in [0.1, 0.15) is 22.8 Å². The van der Waals surface area contributed by atoms with Gasteiger partial charge in [-0.05, 0) is 61.9 Å². The molecule has 1 heterocycles. The highest BCUT2D eigenvalue weighted by atomic mass is 35.5. The van der Waals surface area contributed by atoms with Crippen LogP contribution in [0.15, 0.2) is 70.4 Å². The number of fused-ring (bicyclic) bond motifs is 1. The third-order valence-corrected chi connectivity index (χ3v) is 7.90. The van der Waals surface area contributed by atoms with E-state index in [-0.39, 0.29) is 20.4 Å². The van der Waals surface area contributed by atoms with E-state index in [0.29, 0.717) is 17.9 Å². The van der Waals surface area contributed by atoms with Gasteiger partial charge in [-0.3, -0.25) is 18.9 Å². The molecular formula is C23H20ClN3O4S2. The van der Waals surface area contributed by atoms with Gasteiger partial charge in [-0.1, -0.05) is 41.1 Å². The molecule has 0 saturated carbocycles. The number of sulfonamides is 1. The number of carbonyl (C=O) groups is 1. The van der Waals surface area contributed by atoms with Gasteiger partial charge < -0.3 is 5.32 Å². The minimum absolute atomic E-state index is 0.000246. The molecule has 0 spiro atoms. The van der Waals surface area contributed by atoms with Crippen molar-refractivity contribution in [3.8, 4) is 0 Å². The summed E-state index contributed by atoms with van der Waals surface area (Å²) in [5.74, 6) is -0.499. The first-order chi connectivity index (χ1) is 15.7. The van der Waals surface area contributed by atoms with E-state index in [9.17, 15) is 18.0 Å². The first-order valence-corrected chi connectivity index (χ1v) is 12.7. The first-order valence-electron chi connectivity index (χ1n) is 10.0. The van der Waals surface area contributed by atoms with Crippen molar-refractivity contribution in [3.05, 3.63) is 86.5 Å². The van der Waals surface area contributed by atoms with Gasteiger partial charge in [-0.25, -0.2) is 8.42 Å². The number of para-hydroxylation sites is 1. The largest absolute Gasteiger partial charge is 0.322 e. The Morgan fingerprint density at radius 3 is 2.58 bits per heavy atom. The summed E-state index contributed by atoms with van der Waals surface area (Å²) >= 11 is 7.27. The van der Waals surface area contributed by atoms with Crippen molar-refractivity contribution in [1.82, 2.24) is 4.57 Å². The molecule has 10 heteroatoms. The summed E-state index contributed by atoms with van der Waals surface area (Å²) in [4.78, 5) is 24.6. The fourth-order valence-corrected chi connectivity index (χ4v) is 6.04. The number of aryl methyl sites for hydroxylation is 2. The summed E-state index contributed by atoms with van der Waals surface area (Å²) in [6.45, 7) is 4.23. The van der Waals surface area contributed by atoms with E-state index in [1.54, 1.807) is 54.0 Å². The van der Waals surface area contributed by atoms with Gasteiger partial charge in [0.15, 0.2) is 0 Å². The van der Waals surface area contributed by atoms with Crippen LogP contribution in [0.2, 0.25) is 5.02 Å². The highest BCUT2D eigenvalue weighted by molar-refractivity contribution is 7.92. The number of anilines is 2. The number of benzene rings is 3. The Morgan fingerprint density at radius 1 is 1.09 bits per heavy atom. The number of rotatable bonds is 6. The number of aromatic nitrogens is 1. The number of carbonyl (C=O) groups excluding carboxylic acids is 1. The summed E-state index contributed by atoms with van der Waals surface area (Å²) in [5.41, 5.74) is 2.60. The van der Waals surface area contributed by atoms with Crippen LogP contribution < -0.4 is 14.9 Å². The Labute approximate surface area is 199 Å². The van der Waals surface area contributed by atoms with Crippen LogP contribution in [0.4, 0.5) is 11.4 Å². The lowest BCUT2D eigenvalue weighted by Gasteiger charge is -2.13. The Morgan fingerprint density at radius 2 is 1.85 bits per heavy atom. The third kappa shape index (κ3) is 4.66. The molecule has 1 amide bonds. The number of halogens is 1. The summed E-state index contributed by atoms with van der Waals surface area (Å²) in [7, 11) is -4.03. The fraction of sp³-hybridized carbons (Fsp3) is 0.130. The Balaban J connectivity index is 1.62. The second-order valence-electron chi connectivity index (χ2n) is 7.31. The average Bonchev–Trinajstić information content (AvgIpc) is 3.09. The van der Waals surface area contributed by atoms with Crippen LogP contribution in [0.5, 0.6) is 0 Å². The maximum absolute atomic E-state index is 13.0. The van der Waals surface area contributed by atoms with Gasteiger partial charge in [0.05, 0.1) is 20.9 Å². The monoisotopic (exact) mass is 501 g/mol. The molecule has 4 rings (SSSR count). The standard InChI is InChI=1S/C23H20ClN3O4S2/c1-3-27-19-11-9-16(13-20(19)32-23(27)29)25-22(28)15-8-10-17(24)21(12-15)33(30,31)26-18-7-5-4-6-14(18)2/h4-13,26H,3H2,1-2H3,(H,25,28). The van der Waals surface area contributed by atoms with Crippen LogP contribution in [-0.2, 0) is 16.6 Å². The summed E-state index contributed by atoms with van der Waals surface area (Å²) < 4.78 is 30.8. The predicted molar refractivity (Wildman–Crippen MR) is 133 cm³/mol. The summed E-state index contributed by atoms with van der Waals surface area (Å²) in [6.07, 6.45) is 0. The maximum Gasteiger partial charge on any atom is 0.308 e. The lowest BCUT2D eigenvalue weighted by molar-refractivity contribution is 0.102. The van der Waals surface area contributed by atoms with Crippen molar-refractivity contribution in [3.63, 3.8) is 0 Å². The Bertz CT molecular complexity index is 1540. The second-order valence-corrected chi connectivity index (χ2v) is 10.4. The molecule has 0 fully saturated rings. The molecule has 0 aliphatic rings. The van der Waals surface area contributed by atoms with Crippen molar-refractivity contribution < 1.29 is 13.2 Å². The van der Waals surface area contributed by atoms with Crippen molar-refractivity contribution >= 4 is 60.5 Å². The van der Waals surface area contributed by atoms with Crippen molar-refractivity contribution in [1.29, 1.82) is 0 Å². The molecule has 2 N–H and O–H groups in total. The zero-order valence-electron chi connectivity index (χ0n) is 17.8. The molecule has 1 aromatic heterocycles. The Hall–Kier alpha value is -3.14. The van der Waals surface area contributed by atoms with Crippen molar-refractivity contribution in [2.75, 3.05) is 10.0 Å². The number of nitrogens with one attached hydrogen (secondary N) is 2. The van der Waals surface area contributed by atoms with Gasteiger partial charge >= 0.3 is 4.87 Å². The summed E-state index contributed by atoms with van der Waals surface area (Å²) in [5, 5.41) is 2.75. The molecule has 3 aromatic carbocycles. The Kier molecular flexibility index (Phi) is 6.29. The number of nitrogens with zero attached hydrogens (tertiary/aromatic N) is 1. The van der Waals surface area contributed by atoms with Crippen molar-refractivity contribution in [2.24, 2.45) is 0 Å². The van der Waals surface area contributed by atoms with Gasteiger partial charge in [-0.2, -0.15) is 0 Å². The lowest BCUT2D eigenvalue weighted by Crippen LogP contribution is -2.17. The minimum atomic E-state index is -4.03. The number of hydrogen-bond acceptors (Lipinski definition) is 5. The molecule has 0 atom stereocenters. The molecule has 0 aliphatic heterocycles. The second kappa shape index (κ2) is 9.01. The summed E-state index contributed by atoms with van der Waals surface area (Å²) in [6, 6.07) is 16.2. The first kappa shape index (κ1) is 23.0. The molecule has 0 bridgehead atoms. The van der Waals surface area contributed by atoms with Crippen LogP contribution in [-0.4, -0.2) is 18.9 Å². The van der Waals surface area contributed by atoms with E-state index in [1.807, 2.05) is 6.92 Å². The molecule has 4 aromatic rings. The van der Waals surface area contributed by atoms with Crippen LogP contribution >= 0.6 is 22.9 Å². The number of thiazole rings is 1. The molecule has 7 nitrogen and oxygen atoms in total. The number of hydrogen-bond donors (Lipinski definition) is 2. The molecule has 0 saturated heterocycles. The van der Waals surface area contributed by atoms with E-state index in [4.69, 9.17) is 11.6 Å². The predicted octanol–water partition coefficient (Wildman–Crippen LogP) is 5.10. The van der Waals surface area contributed by atoms with Crippen LogP contribution in [0, 0.1) is 6.92 Å². The molecule has 0 radical (unpaired) electrons. The maximum atomic E-state index is 13.0. The van der Waals surface area contributed by atoms with Gasteiger partial charge in [0, 0.05) is 17.8 Å². The van der Waals surface area contributed by atoms with E-state index >= 15 is 0 Å². The van der Waals surface area contributed by atoms with Gasteiger partial charge in [0.2, 0.25) is 0 Å². The van der Waals surface area contributed by atoms with Crippen LogP contribution in [0.25, 0.3) is 10.2 Å². The SMILES string of the molecule is CCn1c(=O)sc2cc(NC(=O)c3ccc(Cl)c(S(=O)(=O)Nc4ccccc4C)c3)ccc21. The molecule has 0 unspecified atom stereocenters. The smallest absolute Gasteiger partial charge is 0.308 e. The average molecular weight is 502 g/mol. The topological polar surface area (TPSA) is 97.3 Å². The lowest BCUT2D eigenvalue weighted by atomic mass is 10.2. The van der Waals surface area contributed by atoms with E-state index < -0.39 is 15.9 Å². The normalized spacial score (nSPS) is 11.5. The van der Waals surface area contributed by atoms with E-state index in [2.05, 4.69) is 10.0 Å². The van der Waals surface area contributed by atoms with E-state index in [0.717, 1.165) is 27.1 Å². The zero-order chi connectivity index (χ0) is 23.8. The van der Waals surface area contributed by atoms with Crippen molar-refractivity contribution in [2.45, 2.75) is 25.3 Å². The van der Waals surface area contributed by atoms with Gasteiger partial charge in [0.1, 0.15) is 4.90 Å². The molecule has 33 heavy (non-hydrogen) atoms. The molecular weight excluding hydrogens is 482 g/mol. The molecule has 0 aliphatic carbocycles.